The number of hydrogen-bond donors (Lipinski definition) is 0. The summed E-state index contributed by atoms with van der Waals surface area (Å²) in [4.78, 5) is 18.8. The minimum Gasteiger partial charge on any atom is -0.339 e. The second-order valence-electron chi connectivity index (χ2n) is 6.68. The van der Waals surface area contributed by atoms with Crippen molar-refractivity contribution in [1.29, 1.82) is 0 Å². The van der Waals surface area contributed by atoms with Gasteiger partial charge in [0.15, 0.2) is 0 Å². The smallest absolute Gasteiger partial charge is 0.226 e. The fourth-order valence-electron chi connectivity index (χ4n) is 3.16. The molecule has 3 aromatic rings. The van der Waals surface area contributed by atoms with Crippen LogP contribution in [0.15, 0.2) is 54.9 Å². The van der Waals surface area contributed by atoms with Gasteiger partial charge < -0.3 is 4.90 Å². The Morgan fingerprint density at radius 1 is 1.15 bits per heavy atom. The highest BCUT2D eigenvalue weighted by Gasteiger charge is 2.22. The molecule has 136 valence electrons. The van der Waals surface area contributed by atoms with Crippen LogP contribution in [-0.2, 0) is 4.79 Å². The predicted octanol–water partition coefficient (Wildman–Crippen LogP) is 4.54. The van der Waals surface area contributed by atoms with Crippen molar-refractivity contribution in [3.05, 3.63) is 60.4 Å². The van der Waals surface area contributed by atoms with E-state index in [0.717, 1.165) is 28.0 Å². The minimum absolute atomic E-state index is 0.0361. The van der Waals surface area contributed by atoms with Crippen LogP contribution < -0.4 is 0 Å². The molecule has 0 saturated heterocycles. The minimum atomic E-state index is 0.0361. The van der Waals surface area contributed by atoms with E-state index < -0.39 is 0 Å². The highest BCUT2D eigenvalue weighted by Crippen LogP contribution is 2.24. The molecule has 1 heterocycles. The predicted molar refractivity (Wildman–Crippen MR) is 110 cm³/mol. The number of aromatic nitrogens is 2. The molecule has 0 fully saturated rings. The van der Waals surface area contributed by atoms with E-state index in [1.54, 1.807) is 11.8 Å². The number of hydrogen-bond acceptors (Lipinski definition) is 3. The summed E-state index contributed by atoms with van der Waals surface area (Å²) in [7, 11) is 1.89. The molecular weight excluding hydrogens is 342 g/mol. The summed E-state index contributed by atoms with van der Waals surface area (Å²) in [6.45, 7) is 4.07. The molecule has 26 heavy (non-hydrogen) atoms. The average Bonchev–Trinajstić information content (AvgIpc) is 3.10. The topological polar surface area (TPSA) is 38.1 Å². The van der Waals surface area contributed by atoms with Crippen molar-refractivity contribution in [3.8, 4) is 5.69 Å². The van der Waals surface area contributed by atoms with Gasteiger partial charge in [-0.05, 0) is 43.0 Å². The number of fused-ring (bicyclic) bond motifs is 1. The number of rotatable bonds is 6. The standard InChI is InChI=1S/C21H25N3OS/c1-15(13-26-4)21(25)23(3)16(2)17-9-11-18(12-10-17)24-14-22-19-7-5-6-8-20(19)24/h5-12,14-16H,13H2,1-4H3. The number of carbonyl (C=O) groups excluding carboxylic acids is 1. The van der Waals surface area contributed by atoms with Gasteiger partial charge in [0.25, 0.3) is 0 Å². The molecule has 1 aromatic heterocycles. The maximum atomic E-state index is 12.5. The first-order valence-electron chi connectivity index (χ1n) is 8.81. The average molecular weight is 368 g/mol. The fourth-order valence-corrected chi connectivity index (χ4v) is 3.80. The molecular formula is C21H25N3OS. The van der Waals surface area contributed by atoms with Gasteiger partial charge in [0.1, 0.15) is 6.33 Å². The Morgan fingerprint density at radius 3 is 2.54 bits per heavy atom. The maximum Gasteiger partial charge on any atom is 0.226 e. The molecule has 1 amide bonds. The monoisotopic (exact) mass is 367 g/mol. The van der Waals surface area contributed by atoms with Crippen molar-refractivity contribution in [2.45, 2.75) is 19.9 Å². The van der Waals surface area contributed by atoms with Crippen LogP contribution in [-0.4, -0.2) is 39.4 Å². The quantitative estimate of drug-likeness (QED) is 0.642. The van der Waals surface area contributed by atoms with Gasteiger partial charge in [0, 0.05) is 24.4 Å². The number of imidazole rings is 1. The van der Waals surface area contributed by atoms with Crippen molar-refractivity contribution in [3.63, 3.8) is 0 Å². The summed E-state index contributed by atoms with van der Waals surface area (Å²) in [6, 6.07) is 16.5. The molecule has 5 heteroatoms. The second-order valence-corrected chi connectivity index (χ2v) is 7.59. The van der Waals surface area contributed by atoms with Gasteiger partial charge in [-0.15, -0.1) is 0 Å². The van der Waals surface area contributed by atoms with Gasteiger partial charge in [-0.3, -0.25) is 9.36 Å². The lowest BCUT2D eigenvalue weighted by Gasteiger charge is -2.28. The van der Waals surface area contributed by atoms with Gasteiger partial charge in [0.2, 0.25) is 5.91 Å². The van der Waals surface area contributed by atoms with E-state index in [1.165, 1.54) is 0 Å². The molecule has 2 unspecified atom stereocenters. The van der Waals surface area contributed by atoms with Crippen LogP contribution in [0.1, 0.15) is 25.5 Å². The van der Waals surface area contributed by atoms with Crippen LogP contribution >= 0.6 is 11.8 Å². The lowest BCUT2D eigenvalue weighted by atomic mass is 10.0. The van der Waals surface area contributed by atoms with Gasteiger partial charge >= 0.3 is 0 Å². The van der Waals surface area contributed by atoms with Gasteiger partial charge in [-0.2, -0.15) is 11.8 Å². The summed E-state index contributed by atoms with van der Waals surface area (Å²) >= 11 is 1.71. The summed E-state index contributed by atoms with van der Waals surface area (Å²) in [6.07, 6.45) is 3.88. The number of benzene rings is 2. The summed E-state index contributed by atoms with van der Waals surface area (Å²) in [5, 5.41) is 0. The van der Waals surface area contributed by atoms with E-state index in [-0.39, 0.29) is 17.9 Å². The number of thioether (sulfide) groups is 1. The van der Waals surface area contributed by atoms with Gasteiger partial charge in [-0.25, -0.2) is 4.98 Å². The Labute approximate surface area is 159 Å². The third-order valence-corrected chi connectivity index (χ3v) is 5.71. The van der Waals surface area contributed by atoms with Crippen LogP contribution in [0.25, 0.3) is 16.7 Å². The molecule has 3 rings (SSSR count). The highest BCUT2D eigenvalue weighted by molar-refractivity contribution is 7.98. The SMILES string of the molecule is CSCC(C)C(=O)N(C)C(C)c1ccc(-n2cnc3ccccc32)cc1. The summed E-state index contributed by atoms with van der Waals surface area (Å²) < 4.78 is 2.08. The Balaban J connectivity index is 1.80. The summed E-state index contributed by atoms with van der Waals surface area (Å²) in [5.41, 5.74) is 4.27. The van der Waals surface area contributed by atoms with Gasteiger partial charge in [-0.1, -0.05) is 31.2 Å². The number of para-hydroxylation sites is 2. The van der Waals surface area contributed by atoms with E-state index in [2.05, 4.69) is 46.8 Å². The first-order chi connectivity index (χ1) is 12.5. The van der Waals surface area contributed by atoms with Crippen molar-refractivity contribution >= 4 is 28.7 Å². The Hall–Kier alpha value is -2.27. The van der Waals surface area contributed by atoms with Crippen LogP contribution in [0, 0.1) is 5.92 Å². The number of amides is 1. The normalized spacial score (nSPS) is 13.5. The van der Waals surface area contributed by atoms with E-state index in [4.69, 9.17) is 0 Å². The lowest BCUT2D eigenvalue weighted by molar-refractivity contribution is -0.134. The third-order valence-electron chi connectivity index (χ3n) is 4.87. The number of carbonyl (C=O) groups is 1. The Bertz CT molecular complexity index is 888. The van der Waals surface area contributed by atoms with E-state index >= 15 is 0 Å². The summed E-state index contributed by atoms with van der Waals surface area (Å²) in [5.74, 6) is 1.08. The second kappa shape index (κ2) is 7.96. The molecule has 0 aliphatic carbocycles. The van der Waals surface area contributed by atoms with Crippen LogP contribution in [0.3, 0.4) is 0 Å². The van der Waals surface area contributed by atoms with Crippen LogP contribution in [0.2, 0.25) is 0 Å². The number of nitrogens with zero attached hydrogens (tertiary/aromatic N) is 3. The largest absolute Gasteiger partial charge is 0.339 e. The van der Waals surface area contributed by atoms with E-state index in [1.807, 2.05) is 49.7 Å². The molecule has 0 N–H and O–H groups in total. The zero-order valence-corrected chi connectivity index (χ0v) is 16.5. The van der Waals surface area contributed by atoms with E-state index in [9.17, 15) is 4.79 Å². The van der Waals surface area contributed by atoms with Crippen LogP contribution in [0.4, 0.5) is 0 Å². The molecule has 4 nitrogen and oxygen atoms in total. The van der Waals surface area contributed by atoms with E-state index in [0.29, 0.717) is 0 Å². The molecule has 0 saturated carbocycles. The molecule has 0 aliphatic heterocycles. The molecule has 0 bridgehead atoms. The fraction of sp³-hybridized carbons (Fsp3) is 0.333. The first kappa shape index (κ1) is 18.5. The highest BCUT2D eigenvalue weighted by atomic mass is 32.2. The van der Waals surface area contributed by atoms with Crippen molar-refractivity contribution in [2.75, 3.05) is 19.1 Å². The Kier molecular flexibility index (Phi) is 5.67. The molecule has 0 spiro atoms. The van der Waals surface area contributed by atoms with Gasteiger partial charge in [0.05, 0.1) is 17.1 Å². The molecule has 2 atom stereocenters. The maximum absolute atomic E-state index is 12.5. The first-order valence-corrected chi connectivity index (χ1v) is 10.2. The van der Waals surface area contributed by atoms with Crippen molar-refractivity contribution < 1.29 is 4.79 Å². The van der Waals surface area contributed by atoms with Crippen LogP contribution in [0.5, 0.6) is 0 Å². The lowest BCUT2D eigenvalue weighted by Crippen LogP contribution is -2.34. The third kappa shape index (κ3) is 3.63. The molecule has 0 radical (unpaired) electrons. The van der Waals surface area contributed by atoms with Crippen molar-refractivity contribution in [1.82, 2.24) is 14.5 Å². The Morgan fingerprint density at radius 2 is 1.85 bits per heavy atom. The van der Waals surface area contributed by atoms with Crippen molar-refractivity contribution in [2.24, 2.45) is 5.92 Å². The zero-order valence-electron chi connectivity index (χ0n) is 15.7. The molecule has 0 aliphatic rings. The zero-order chi connectivity index (χ0) is 18.7. The molecule has 2 aromatic carbocycles.